The Hall–Kier alpha value is -1.06. The van der Waals surface area contributed by atoms with E-state index in [2.05, 4.69) is 0 Å². The summed E-state index contributed by atoms with van der Waals surface area (Å²) in [6.45, 7) is 7.46. The van der Waals surface area contributed by atoms with Crippen LogP contribution in [-0.2, 0) is 9.59 Å². The van der Waals surface area contributed by atoms with Crippen molar-refractivity contribution in [1.29, 1.82) is 0 Å². The molecule has 0 spiro atoms. The van der Waals surface area contributed by atoms with Gasteiger partial charge in [-0.15, -0.1) is 0 Å². The SMILES string of the molecule is CCCC(C)(C)C(=O)O.CCCCC(=O)O. The molecule has 0 aliphatic heterocycles. The number of carbonyl (C=O) groups is 2. The molecule has 0 heterocycles. The Morgan fingerprint density at radius 2 is 1.56 bits per heavy atom. The summed E-state index contributed by atoms with van der Waals surface area (Å²) in [6.07, 6.45) is 3.76. The van der Waals surface area contributed by atoms with Gasteiger partial charge < -0.3 is 10.2 Å². The molecule has 2 N–H and O–H groups in total. The molecule has 16 heavy (non-hydrogen) atoms. The maximum absolute atomic E-state index is 10.4. The van der Waals surface area contributed by atoms with Crippen LogP contribution in [0.25, 0.3) is 0 Å². The maximum atomic E-state index is 10.4. The van der Waals surface area contributed by atoms with Crippen molar-refractivity contribution in [1.82, 2.24) is 0 Å². The summed E-state index contributed by atoms with van der Waals surface area (Å²) < 4.78 is 0. The molecular weight excluding hydrogens is 208 g/mol. The third-order valence-electron chi connectivity index (χ3n) is 2.20. The summed E-state index contributed by atoms with van der Waals surface area (Å²) in [4.78, 5) is 20.2. The van der Waals surface area contributed by atoms with Crippen molar-refractivity contribution in [3.05, 3.63) is 0 Å². The first-order chi connectivity index (χ1) is 7.27. The number of aliphatic carboxylic acids is 2. The lowest BCUT2D eigenvalue weighted by Gasteiger charge is -2.16. The first-order valence-electron chi connectivity index (χ1n) is 5.73. The van der Waals surface area contributed by atoms with Gasteiger partial charge in [0.25, 0.3) is 0 Å². The van der Waals surface area contributed by atoms with Crippen LogP contribution in [-0.4, -0.2) is 22.2 Å². The Labute approximate surface area is 97.7 Å². The minimum absolute atomic E-state index is 0.316. The van der Waals surface area contributed by atoms with Crippen LogP contribution in [0.3, 0.4) is 0 Å². The van der Waals surface area contributed by atoms with Gasteiger partial charge in [0.15, 0.2) is 0 Å². The lowest BCUT2D eigenvalue weighted by molar-refractivity contribution is -0.147. The zero-order chi connectivity index (χ0) is 13.2. The molecule has 0 rings (SSSR count). The summed E-state index contributed by atoms with van der Waals surface area (Å²) in [5.41, 5.74) is -0.533. The van der Waals surface area contributed by atoms with Crippen molar-refractivity contribution in [2.75, 3.05) is 0 Å². The van der Waals surface area contributed by atoms with Crippen LogP contribution in [0, 0.1) is 5.41 Å². The fraction of sp³-hybridized carbons (Fsp3) is 0.833. The van der Waals surface area contributed by atoms with Crippen molar-refractivity contribution in [3.63, 3.8) is 0 Å². The highest BCUT2D eigenvalue weighted by molar-refractivity contribution is 5.73. The Kier molecular flexibility index (Phi) is 9.96. The average molecular weight is 232 g/mol. The van der Waals surface area contributed by atoms with Gasteiger partial charge in [0.05, 0.1) is 5.41 Å². The minimum atomic E-state index is -0.704. The minimum Gasteiger partial charge on any atom is -0.481 e. The van der Waals surface area contributed by atoms with E-state index in [4.69, 9.17) is 10.2 Å². The molecule has 0 aromatic carbocycles. The third kappa shape index (κ3) is 11.0. The third-order valence-corrected chi connectivity index (χ3v) is 2.20. The lowest BCUT2D eigenvalue weighted by Crippen LogP contribution is -2.22. The summed E-state index contributed by atoms with van der Waals surface area (Å²) in [5, 5.41) is 16.6. The molecule has 0 saturated carbocycles. The number of carboxylic acid groups (broad SMARTS) is 2. The van der Waals surface area contributed by atoms with E-state index in [1.807, 2.05) is 13.8 Å². The fourth-order valence-electron chi connectivity index (χ4n) is 1.06. The molecule has 0 amide bonds. The molecule has 0 atom stereocenters. The van der Waals surface area contributed by atoms with Crippen molar-refractivity contribution < 1.29 is 19.8 Å². The number of hydrogen-bond acceptors (Lipinski definition) is 2. The van der Waals surface area contributed by atoms with Crippen LogP contribution in [0.4, 0.5) is 0 Å². The van der Waals surface area contributed by atoms with Gasteiger partial charge in [0, 0.05) is 6.42 Å². The largest absolute Gasteiger partial charge is 0.481 e. The molecular formula is C12H24O4. The Bertz CT molecular complexity index is 209. The van der Waals surface area contributed by atoms with Crippen LogP contribution >= 0.6 is 0 Å². The molecule has 4 heteroatoms. The van der Waals surface area contributed by atoms with Crippen molar-refractivity contribution in [3.8, 4) is 0 Å². The topological polar surface area (TPSA) is 74.6 Å². The van der Waals surface area contributed by atoms with Gasteiger partial charge >= 0.3 is 11.9 Å². The lowest BCUT2D eigenvalue weighted by atomic mass is 9.88. The second kappa shape index (κ2) is 9.19. The standard InChI is InChI=1S/C7H14O2.C5H10O2/c1-4-5-7(2,3)6(8)9;1-2-3-4-5(6)7/h4-5H2,1-3H3,(H,8,9);2-4H2,1H3,(H,6,7). The van der Waals surface area contributed by atoms with Gasteiger partial charge in [-0.25, -0.2) is 0 Å². The molecule has 0 aliphatic rings. The summed E-state index contributed by atoms with van der Waals surface area (Å²) in [6, 6.07) is 0. The van der Waals surface area contributed by atoms with E-state index in [0.717, 1.165) is 25.7 Å². The number of hydrogen-bond donors (Lipinski definition) is 2. The summed E-state index contributed by atoms with van der Waals surface area (Å²) in [7, 11) is 0. The molecule has 96 valence electrons. The van der Waals surface area contributed by atoms with Gasteiger partial charge in [-0.1, -0.05) is 26.7 Å². The average Bonchev–Trinajstić information content (AvgIpc) is 2.15. The van der Waals surface area contributed by atoms with Crippen LogP contribution in [0.5, 0.6) is 0 Å². The zero-order valence-electron chi connectivity index (χ0n) is 10.7. The second-order valence-electron chi connectivity index (χ2n) is 4.44. The maximum Gasteiger partial charge on any atom is 0.309 e. The Balaban J connectivity index is 0. The molecule has 0 unspecified atom stereocenters. The van der Waals surface area contributed by atoms with Crippen molar-refractivity contribution in [2.24, 2.45) is 5.41 Å². The summed E-state index contributed by atoms with van der Waals surface area (Å²) in [5.74, 6) is -1.40. The summed E-state index contributed by atoms with van der Waals surface area (Å²) >= 11 is 0. The Morgan fingerprint density at radius 3 is 1.69 bits per heavy atom. The molecule has 0 saturated heterocycles. The smallest absolute Gasteiger partial charge is 0.309 e. The monoisotopic (exact) mass is 232 g/mol. The molecule has 0 radical (unpaired) electrons. The Morgan fingerprint density at radius 1 is 1.06 bits per heavy atom. The quantitative estimate of drug-likeness (QED) is 0.737. The van der Waals surface area contributed by atoms with Gasteiger partial charge in [-0.3, -0.25) is 9.59 Å². The zero-order valence-corrected chi connectivity index (χ0v) is 10.7. The van der Waals surface area contributed by atoms with E-state index in [0.29, 0.717) is 6.42 Å². The highest BCUT2D eigenvalue weighted by Crippen LogP contribution is 2.21. The molecule has 0 aliphatic carbocycles. The predicted molar refractivity (Wildman–Crippen MR) is 63.5 cm³/mol. The predicted octanol–water partition coefficient (Wildman–Crippen LogP) is 3.16. The first kappa shape index (κ1) is 17.3. The van der Waals surface area contributed by atoms with Crippen LogP contribution < -0.4 is 0 Å². The van der Waals surface area contributed by atoms with E-state index >= 15 is 0 Å². The second-order valence-corrected chi connectivity index (χ2v) is 4.44. The fourth-order valence-corrected chi connectivity index (χ4v) is 1.06. The van der Waals surface area contributed by atoms with Crippen LogP contribution in [0.2, 0.25) is 0 Å². The van der Waals surface area contributed by atoms with Crippen molar-refractivity contribution >= 4 is 11.9 Å². The van der Waals surface area contributed by atoms with Gasteiger partial charge in [0.2, 0.25) is 0 Å². The first-order valence-corrected chi connectivity index (χ1v) is 5.73. The number of carboxylic acids is 2. The van der Waals surface area contributed by atoms with Crippen LogP contribution in [0.1, 0.15) is 59.8 Å². The number of unbranched alkanes of at least 4 members (excludes halogenated alkanes) is 1. The van der Waals surface area contributed by atoms with E-state index in [1.165, 1.54) is 0 Å². The van der Waals surface area contributed by atoms with E-state index < -0.39 is 17.4 Å². The molecule has 0 aromatic rings. The van der Waals surface area contributed by atoms with E-state index in [-0.39, 0.29) is 0 Å². The van der Waals surface area contributed by atoms with Gasteiger partial charge in [-0.2, -0.15) is 0 Å². The normalized spacial score (nSPS) is 10.2. The number of rotatable bonds is 6. The molecule has 0 aromatic heterocycles. The molecule has 4 nitrogen and oxygen atoms in total. The highest BCUT2D eigenvalue weighted by atomic mass is 16.4. The van der Waals surface area contributed by atoms with Gasteiger partial charge in [0.1, 0.15) is 0 Å². The van der Waals surface area contributed by atoms with E-state index in [1.54, 1.807) is 13.8 Å². The van der Waals surface area contributed by atoms with Gasteiger partial charge in [-0.05, 0) is 26.7 Å². The van der Waals surface area contributed by atoms with Crippen LogP contribution in [0.15, 0.2) is 0 Å². The van der Waals surface area contributed by atoms with E-state index in [9.17, 15) is 9.59 Å². The highest BCUT2D eigenvalue weighted by Gasteiger charge is 2.25. The van der Waals surface area contributed by atoms with Crippen molar-refractivity contribution in [2.45, 2.75) is 59.8 Å². The molecule has 0 fully saturated rings. The molecule has 0 bridgehead atoms.